The molecule has 1 saturated carbocycles. The molecule has 0 radical (unpaired) electrons. The van der Waals surface area contributed by atoms with E-state index in [1.165, 1.54) is 24.3 Å². The summed E-state index contributed by atoms with van der Waals surface area (Å²) in [5, 5.41) is 23.0. The van der Waals surface area contributed by atoms with E-state index in [0.717, 1.165) is 0 Å². The van der Waals surface area contributed by atoms with Crippen molar-refractivity contribution in [1.29, 1.82) is 5.26 Å². The molecule has 1 heterocycles. The third-order valence-electron chi connectivity index (χ3n) is 4.61. The van der Waals surface area contributed by atoms with Gasteiger partial charge in [0.05, 0.1) is 17.6 Å². The predicted molar refractivity (Wildman–Crippen MR) is 83.9 cm³/mol. The van der Waals surface area contributed by atoms with Crippen LogP contribution in [0.1, 0.15) is 31.2 Å². The molecule has 0 spiro atoms. The fourth-order valence-corrected chi connectivity index (χ4v) is 3.30. The molecule has 9 heteroatoms. The number of benzene rings is 1. The number of carbonyl (C=O) groups is 1. The second-order valence-electron chi connectivity index (χ2n) is 6.24. The molecule has 1 N–H and O–H groups in total. The number of carbonyl (C=O) groups excluding carboxylic acids is 1. The number of ether oxygens (including phenoxy) is 1. The lowest BCUT2D eigenvalue weighted by Crippen LogP contribution is -2.62. The van der Waals surface area contributed by atoms with Gasteiger partial charge >= 0.3 is 6.18 Å². The Morgan fingerprint density at radius 1 is 1.38 bits per heavy atom. The highest BCUT2D eigenvalue weighted by molar-refractivity contribution is 5.93. The van der Waals surface area contributed by atoms with Crippen LogP contribution in [0.25, 0.3) is 0 Å². The Labute approximate surface area is 147 Å². The molecule has 3 rings (SSSR count). The Balaban J connectivity index is 1.77. The number of nitrogens with zero attached hydrogens (tertiary/aromatic N) is 3. The molecular weight excluding hydrogens is 351 g/mol. The van der Waals surface area contributed by atoms with Crippen molar-refractivity contribution in [3.63, 3.8) is 0 Å². The number of halogens is 3. The van der Waals surface area contributed by atoms with Gasteiger partial charge in [-0.15, -0.1) is 0 Å². The smallest absolute Gasteiger partial charge is 0.439 e. The standard InChI is InChI=1S/C17H16F3N3O3/c18-17(19,20)16(25)13-3-1-2-4-14(13)22-23(16)15(24)10-26-12-7-5-11(9-21)6-8-12/h5-8,13,25H,1-4,10H2. The molecule has 138 valence electrons. The molecule has 1 aromatic carbocycles. The van der Waals surface area contributed by atoms with Gasteiger partial charge in [-0.1, -0.05) is 6.42 Å². The average molecular weight is 367 g/mol. The van der Waals surface area contributed by atoms with E-state index in [9.17, 15) is 23.1 Å². The van der Waals surface area contributed by atoms with Crippen LogP contribution in [0.3, 0.4) is 0 Å². The minimum atomic E-state index is -5.04. The normalized spacial score (nSPS) is 25.3. The van der Waals surface area contributed by atoms with Gasteiger partial charge in [-0.2, -0.15) is 28.5 Å². The van der Waals surface area contributed by atoms with E-state index in [1.54, 1.807) is 0 Å². The van der Waals surface area contributed by atoms with E-state index in [4.69, 9.17) is 10.00 Å². The molecule has 0 aromatic heterocycles. The molecule has 1 aliphatic heterocycles. The summed E-state index contributed by atoms with van der Waals surface area (Å²) in [6, 6.07) is 7.68. The topological polar surface area (TPSA) is 85.9 Å². The van der Waals surface area contributed by atoms with Gasteiger partial charge in [0.25, 0.3) is 11.6 Å². The minimum Gasteiger partial charge on any atom is -0.484 e. The molecule has 1 aromatic rings. The van der Waals surface area contributed by atoms with Crippen molar-refractivity contribution in [1.82, 2.24) is 5.01 Å². The van der Waals surface area contributed by atoms with Crippen LogP contribution >= 0.6 is 0 Å². The zero-order chi connectivity index (χ0) is 18.9. The van der Waals surface area contributed by atoms with Crippen LogP contribution in [0.15, 0.2) is 29.4 Å². The Morgan fingerprint density at radius 3 is 2.69 bits per heavy atom. The fourth-order valence-electron chi connectivity index (χ4n) is 3.30. The van der Waals surface area contributed by atoms with Crippen LogP contribution in [-0.2, 0) is 4.79 Å². The molecule has 2 atom stereocenters. The van der Waals surface area contributed by atoms with Gasteiger partial charge in [-0.25, -0.2) is 0 Å². The molecule has 1 amide bonds. The van der Waals surface area contributed by atoms with Gasteiger partial charge < -0.3 is 9.84 Å². The highest BCUT2D eigenvalue weighted by atomic mass is 19.4. The molecule has 0 saturated heterocycles. The Kier molecular flexibility index (Phi) is 4.63. The van der Waals surface area contributed by atoms with Crippen LogP contribution in [0.5, 0.6) is 5.75 Å². The molecule has 2 aliphatic rings. The largest absolute Gasteiger partial charge is 0.484 e. The van der Waals surface area contributed by atoms with Crippen molar-refractivity contribution in [3.8, 4) is 11.8 Å². The molecular formula is C17H16F3N3O3. The number of amides is 1. The monoisotopic (exact) mass is 367 g/mol. The summed E-state index contributed by atoms with van der Waals surface area (Å²) in [6.45, 7) is -0.714. The van der Waals surface area contributed by atoms with Gasteiger partial charge in [-0.3, -0.25) is 4.79 Å². The maximum absolute atomic E-state index is 13.6. The van der Waals surface area contributed by atoms with E-state index in [0.29, 0.717) is 24.8 Å². The number of rotatable bonds is 3. The first-order chi connectivity index (χ1) is 12.3. The highest BCUT2D eigenvalue weighted by Gasteiger charge is 2.68. The van der Waals surface area contributed by atoms with E-state index in [2.05, 4.69) is 5.10 Å². The van der Waals surface area contributed by atoms with E-state index in [-0.39, 0.29) is 22.9 Å². The Bertz CT molecular complexity index is 770. The summed E-state index contributed by atoms with van der Waals surface area (Å²) in [5.41, 5.74) is -2.76. The summed E-state index contributed by atoms with van der Waals surface area (Å²) < 4.78 is 45.9. The van der Waals surface area contributed by atoms with Crippen LogP contribution in [0.4, 0.5) is 13.2 Å². The fraction of sp³-hybridized carbons (Fsp3) is 0.471. The van der Waals surface area contributed by atoms with E-state index < -0.39 is 30.3 Å². The summed E-state index contributed by atoms with van der Waals surface area (Å²) >= 11 is 0. The lowest BCUT2D eigenvalue weighted by molar-refractivity contribution is -0.317. The van der Waals surface area contributed by atoms with Gasteiger partial charge in [0.2, 0.25) is 0 Å². The minimum absolute atomic E-state index is 0.120. The van der Waals surface area contributed by atoms with Crippen LogP contribution in [0.2, 0.25) is 0 Å². The number of hydrogen-bond acceptors (Lipinski definition) is 5. The average Bonchev–Trinajstić information content (AvgIpc) is 2.94. The number of fused-ring (bicyclic) bond motifs is 1. The van der Waals surface area contributed by atoms with Gasteiger partial charge in [0.15, 0.2) is 6.61 Å². The lowest BCUT2D eigenvalue weighted by atomic mass is 9.80. The number of aliphatic hydroxyl groups is 1. The summed E-state index contributed by atoms with van der Waals surface area (Å²) in [6.07, 6.45) is -3.39. The lowest BCUT2D eigenvalue weighted by Gasteiger charge is -2.38. The molecule has 0 bridgehead atoms. The second-order valence-corrected chi connectivity index (χ2v) is 6.24. The van der Waals surface area contributed by atoms with Crippen molar-refractivity contribution < 1.29 is 27.8 Å². The predicted octanol–water partition coefficient (Wildman–Crippen LogP) is 2.58. The van der Waals surface area contributed by atoms with E-state index >= 15 is 0 Å². The SMILES string of the molecule is N#Cc1ccc(OCC(=O)N2N=C3CCCCC3C2(O)C(F)(F)F)cc1. The van der Waals surface area contributed by atoms with Gasteiger partial charge in [0.1, 0.15) is 5.75 Å². The first-order valence-electron chi connectivity index (χ1n) is 8.10. The van der Waals surface area contributed by atoms with Gasteiger partial charge in [0, 0.05) is 5.71 Å². The molecule has 2 unspecified atom stereocenters. The maximum atomic E-state index is 13.6. The second kappa shape index (κ2) is 6.61. The number of hydrogen-bond donors (Lipinski definition) is 1. The van der Waals surface area contributed by atoms with E-state index in [1.807, 2.05) is 6.07 Å². The number of hydrazone groups is 1. The molecule has 6 nitrogen and oxygen atoms in total. The number of nitriles is 1. The van der Waals surface area contributed by atoms with Crippen molar-refractivity contribution >= 4 is 11.6 Å². The summed E-state index contributed by atoms with van der Waals surface area (Å²) in [4.78, 5) is 12.3. The van der Waals surface area contributed by atoms with Crippen molar-refractivity contribution in [2.45, 2.75) is 37.6 Å². The third kappa shape index (κ3) is 3.01. The molecule has 1 aliphatic carbocycles. The quantitative estimate of drug-likeness (QED) is 0.890. The maximum Gasteiger partial charge on any atom is 0.439 e. The third-order valence-corrected chi connectivity index (χ3v) is 4.61. The van der Waals surface area contributed by atoms with Crippen LogP contribution < -0.4 is 4.74 Å². The van der Waals surface area contributed by atoms with Crippen molar-refractivity contribution in [2.75, 3.05) is 6.61 Å². The number of alkyl halides is 3. The zero-order valence-electron chi connectivity index (χ0n) is 13.7. The summed E-state index contributed by atoms with van der Waals surface area (Å²) in [7, 11) is 0. The van der Waals surface area contributed by atoms with Crippen LogP contribution in [0, 0.1) is 17.2 Å². The first kappa shape index (κ1) is 18.2. The van der Waals surface area contributed by atoms with Gasteiger partial charge in [-0.05, 0) is 43.5 Å². The first-order valence-corrected chi connectivity index (χ1v) is 8.10. The Morgan fingerprint density at radius 2 is 2.08 bits per heavy atom. The zero-order valence-corrected chi connectivity index (χ0v) is 13.7. The summed E-state index contributed by atoms with van der Waals surface area (Å²) in [5.74, 6) is -2.11. The Hall–Kier alpha value is -2.60. The molecule has 26 heavy (non-hydrogen) atoms. The molecule has 1 fully saturated rings. The van der Waals surface area contributed by atoms with Crippen molar-refractivity contribution in [3.05, 3.63) is 29.8 Å². The van der Waals surface area contributed by atoms with Crippen LogP contribution in [-0.4, -0.2) is 40.2 Å². The van der Waals surface area contributed by atoms with Crippen molar-refractivity contribution in [2.24, 2.45) is 11.0 Å². The highest BCUT2D eigenvalue weighted by Crippen LogP contribution is 2.48.